The molecule has 0 spiro atoms. The zero-order valence-corrected chi connectivity index (χ0v) is 13.3. The summed E-state index contributed by atoms with van der Waals surface area (Å²) < 4.78 is 0. The smallest absolute Gasteiger partial charge is 0.192 e. The Labute approximate surface area is 132 Å². The lowest BCUT2D eigenvalue weighted by molar-refractivity contribution is 0.129. The lowest BCUT2D eigenvalue weighted by Crippen LogP contribution is -2.49. The Kier molecular flexibility index (Phi) is 7.15. The molecule has 0 bridgehead atoms. The lowest BCUT2D eigenvalue weighted by Gasteiger charge is -2.34. The molecule has 1 aromatic rings. The van der Waals surface area contributed by atoms with E-state index in [-0.39, 0.29) is 6.73 Å². The number of hydrogen-bond acceptors (Lipinski definition) is 4. The number of guanidine groups is 1. The third kappa shape index (κ3) is 5.63. The predicted molar refractivity (Wildman–Crippen MR) is 89.7 cm³/mol. The molecule has 0 radical (unpaired) electrons. The van der Waals surface area contributed by atoms with Gasteiger partial charge in [0.1, 0.15) is 6.73 Å². The maximum absolute atomic E-state index is 8.82. The fourth-order valence-corrected chi connectivity index (χ4v) is 2.64. The minimum atomic E-state index is -0.0994. The van der Waals surface area contributed by atoms with Crippen molar-refractivity contribution in [3.05, 3.63) is 35.9 Å². The van der Waals surface area contributed by atoms with E-state index < -0.39 is 0 Å². The van der Waals surface area contributed by atoms with Crippen molar-refractivity contribution in [3.8, 4) is 0 Å². The molecule has 1 heterocycles. The second kappa shape index (κ2) is 9.40. The maximum atomic E-state index is 8.82. The van der Waals surface area contributed by atoms with Crippen LogP contribution in [0, 0.1) is 0 Å². The van der Waals surface area contributed by atoms with Gasteiger partial charge in [-0.05, 0) is 5.56 Å². The van der Waals surface area contributed by atoms with Crippen LogP contribution in [0.2, 0.25) is 0 Å². The Morgan fingerprint density at radius 2 is 1.77 bits per heavy atom. The highest BCUT2D eigenvalue weighted by molar-refractivity contribution is 5.79. The molecule has 122 valence electrons. The molecule has 2 rings (SSSR count). The average Bonchev–Trinajstić information content (AvgIpc) is 2.56. The van der Waals surface area contributed by atoms with E-state index in [1.54, 1.807) is 7.05 Å². The van der Waals surface area contributed by atoms with Gasteiger partial charge in [-0.3, -0.25) is 14.8 Å². The van der Waals surface area contributed by atoms with Crippen LogP contribution in [0.15, 0.2) is 35.3 Å². The SMILES string of the molecule is CN=C(NCO)NCCN1CCN(Cc2ccccc2)CC1. The summed E-state index contributed by atoms with van der Waals surface area (Å²) >= 11 is 0. The van der Waals surface area contributed by atoms with Gasteiger partial charge >= 0.3 is 0 Å². The van der Waals surface area contributed by atoms with Crippen molar-refractivity contribution >= 4 is 5.96 Å². The van der Waals surface area contributed by atoms with Gasteiger partial charge in [0, 0.05) is 52.9 Å². The van der Waals surface area contributed by atoms with Crippen LogP contribution in [-0.2, 0) is 6.54 Å². The van der Waals surface area contributed by atoms with Crippen LogP contribution < -0.4 is 10.6 Å². The fourth-order valence-electron chi connectivity index (χ4n) is 2.64. The molecule has 6 heteroatoms. The van der Waals surface area contributed by atoms with Crippen LogP contribution in [0.25, 0.3) is 0 Å². The van der Waals surface area contributed by atoms with Crippen LogP contribution in [0.5, 0.6) is 0 Å². The van der Waals surface area contributed by atoms with Gasteiger partial charge in [0.2, 0.25) is 0 Å². The van der Waals surface area contributed by atoms with Gasteiger partial charge in [0.15, 0.2) is 5.96 Å². The fraction of sp³-hybridized carbons (Fsp3) is 0.562. The highest BCUT2D eigenvalue weighted by Crippen LogP contribution is 2.07. The van der Waals surface area contributed by atoms with Crippen LogP contribution in [0.1, 0.15) is 5.56 Å². The first-order valence-electron chi connectivity index (χ1n) is 7.86. The van der Waals surface area contributed by atoms with Crippen molar-refractivity contribution in [2.75, 3.05) is 53.0 Å². The maximum Gasteiger partial charge on any atom is 0.192 e. The Bertz CT molecular complexity index is 443. The molecule has 6 nitrogen and oxygen atoms in total. The minimum Gasteiger partial charge on any atom is -0.376 e. The molecule has 0 unspecified atom stereocenters. The van der Waals surface area contributed by atoms with E-state index in [4.69, 9.17) is 5.11 Å². The molecule has 22 heavy (non-hydrogen) atoms. The Morgan fingerprint density at radius 1 is 1.09 bits per heavy atom. The highest BCUT2D eigenvalue weighted by Gasteiger charge is 2.16. The van der Waals surface area contributed by atoms with Crippen molar-refractivity contribution in [2.24, 2.45) is 4.99 Å². The third-order valence-electron chi connectivity index (χ3n) is 3.90. The summed E-state index contributed by atoms with van der Waals surface area (Å²) in [4.78, 5) is 8.99. The molecule has 0 atom stereocenters. The van der Waals surface area contributed by atoms with Crippen molar-refractivity contribution in [2.45, 2.75) is 6.54 Å². The zero-order chi connectivity index (χ0) is 15.6. The van der Waals surface area contributed by atoms with Crippen molar-refractivity contribution in [1.29, 1.82) is 0 Å². The molecular formula is C16H27N5O. The number of hydrogen-bond donors (Lipinski definition) is 3. The summed E-state index contributed by atoms with van der Waals surface area (Å²) in [6, 6.07) is 10.6. The van der Waals surface area contributed by atoms with Gasteiger partial charge in [-0.1, -0.05) is 30.3 Å². The summed E-state index contributed by atoms with van der Waals surface area (Å²) in [6.07, 6.45) is 0. The quantitative estimate of drug-likeness (QED) is 0.390. The van der Waals surface area contributed by atoms with Gasteiger partial charge in [0.25, 0.3) is 0 Å². The third-order valence-corrected chi connectivity index (χ3v) is 3.90. The molecule has 0 saturated carbocycles. The molecule has 0 aliphatic carbocycles. The number of nitrogens with zero attached hydrogens (tertiary/aromatic N) is 3. The van der Waals surface area contributed by atoms with Gasteiger partial charge in [0.05, 0.1) is 0 Å². The van der Waals surface area contributed by atoms with Crippen LogP contribution in [-0.4, -0.2) is 73.9 Å². The van der Waals surface area contributed by atoms with E-state index in [0.717, 1.165) is 45.8 Å². The number of rotatable bonds is 6. The first kappa shape index (κ1) is 16.7. The van der Waals surface area contributed by atoms with E-state index >= 15 is 0 Å². The first-order chi connectivity index (χ1) is 10.8. The molecule has 1 aliphatic rings. The van der Waals surface area contributed by atoms with E-state index in [9.17, 15) is 0 Å². The van der Waals surface area contributed by atoms with E-state index in [0.29, 0.717) is 5.96 Å². The monoisotopic (exact) mass is 305 g/mol. The van der Waals surface area contributed by atoms with E-state index in [1.165, 1.54) is 5.56 Å². The second-order valence-corrected chi connectivity index (χ2v) is 5.44. The predicted octanol–water partition coefficient (Wildman–Crippen LogP) is -0.0810. The second-order valence-electron chi connectivity index (χ2n) is 5.44. The Balaban J connectivity index is 1.63. The summed E-state index contributed by atoms with van der Waals surface area (Å²) in [5.74, 6) is 0.644. The largest absolute Gasteiger partial charge is 0.376 e. The van der Waals surface area contributed by atoms with Crippen LogP contribution in [0.4, 0.5) is 0 Å². The number of benzene rings is 1. The van der Waals surface area contributed by atoms with Crippen LogP contribution in [0.3, 0.4) is 0 Å². The van der Waals surface area contributed by atoms with Crippen molar-refractivity contribution in [3.63, 3.8) is 0 Å². The summed E-state index contributed by atoms with van der Waals surface area (Å²) in [7, 11) is 1.70. The average molecular weight is 305 g/mol. The zero-order valence-electron chi connectivity index (χ0n) is 13.3. The molecular weight excluding hydrogens is 278 g/mol. The number of nitrogens with one attached hydrogen (secondary N) is 2. The summed E-state index contributed by atoms with van der Waals surface area (Å²) in [6.45, 7) is 7.18. The number of aliphatic imine (C=N–C) groups is 1. The van der Waals surface area contributed by atoms with Gasteiger partial charge in [-0.2, -0.15) is 0 Å². The molecule has 1 fully saturated rings. The molecule has 1 saturated heterocycles. The molecule has 0 aromatic heterocycles. The van der Waals surface area contributed by atoms with E-state index in [2.05, 4.69) is 55.8 Å². The highest BCUT2D eigenvalue weighted by atomic mass is 16.3. The Morgan fingerprint density at radius 3 is 2.41 bits per heavy atom. The summed E-state index contributed by atoms with van der Waals surface area (Å²) in [5, 5.41) is 14.8. The van der Waals surface area contributed by atoms with Crippen LogP contribution >= 0.6 is 0 Å². The topological polar surface area (TPSA) is 63.1 Å². The molecule has 3 N–H and O–H groups in total. The van der Waals surface area contributed by atoms with Crippen molar-refractivity contribution in [1.82, 2.24) is 20.4 Å². The molecule has 1 aliphatic heterocycles. The number of aliphatic hydroxyl groups excluding tert-OH is 1. The van der Waals surface area contributed by atoms with Gasteiger partial charge < -0.3 is 15.7 Å². The Hall–Kier alpha value is -1.63. The number of piperazine rings is 1. The van der Waals surface area contributed by atoms with Gasteiger partial charge in [-0.15, -0.1) is 0 Å². The van der Waals surface area contributed by atoms with Crippen molar-refractivity contribution < 1.29 is 5.11 Å². The lowest BCUT2D eigenvalue weighted by atomic mass is 10.2. The molecule has 1 aromatic carbocycles. The standard InChI is InChI=1S/C16H27N5O/c1-17-16(19-14-22)18-7-8-20-9-11-21(12-10-20)13-15-5-3-2-4-6-15/h2-6,22H,7-14H2,1H3,(H2,17,18,19). The van der Waals surface area contributed by atoms with Gasteiger partial charge in [-0.25, -0.2) is 0 Å². The normalized spacial score (nSPS) is 17.5. The van der Waals surface area contributed by atoms with E-state index in [1.807, 2.05) is 0 Å². The summed E-state index contributed by atoms with van der Waals surface area (Å²) in [5.41, 5.74) is 1.39. The number of aliphatic hydroxyl groups is 1. The molecule has 0 amide bonds. The first-order valence-corrected chi connectivity index (χ1v) is 7.86. The minimum absolute atomic E-state index is 0.0994.